The second kappa shape index (κ2) is 9.42. The van der Waals surface area contributed by atoms with Crippen molar-refractivity contribution in [3.8, 4) is 0 Å². The molecule has 1 aliphatic carbocycles. The Labute approximate surface area is 165 Å². The van der Waals surface area contributed by atoms with Crippen LogP contribution in [0.5, 0.6) is 0 Å². The predicted octanol–water partition coefficient (Wildman–Crippen LogP) is 1.68. The Morgan fingerprint density at radius 2 is 2.12 bits per heavy atom. The Morgan fingerprint density at radius 3 is 2.76 bits per heavy atom. The number of likely N-dealkylation sites (tertiary alicyclic amines) is 1. The number of amides is 1. The first kappa shape index (κ1) is 20.0. The van der Waals surface area contributed by atoms with Crippen LogP contribution in [-0.2, 0) is 6.54 Å². The van der Waals surface area contributed by atoms with Gasteiger partial charge in [-0.2, -0.15) is 0 Å². The number of carbonyl (C=O) groups is 1. The summed E-state index contributed by atoms with van der Waals surface area (Å²) in [7, 11) is 1.76. The number of rotatable bonds is 5. The summed E-state index contributed by atoms with van der Waals surface area (Å²) < 4.78 is 5.37. The summed E-state index contributed by atoms with van der Waals surface area (Å²) >= 11 is 0. The first-order valence-corrected chi connectivity index (χ1v) is 8.75. The number of hydrogen-bond acceptors (Lipinski definition) is 4. The van der Waals surface area contributed by atoms with E-state index in [1.54, 1.807) is 19.2 Å². The smallest absolute Gasteiger partial charge is 0.284 e. The highest BCUT2D eigenvalue weighted by atomic mass is 127. The van der Waals surface area contributed by atoms with Crippen molar-refractivity contribution in [3.05, 3.63) is 23.7 Å². The first-order valence-electron chi connectivity index (χ1n) is 8.75. The number of furan rings is 1. The van der Waals surface area contributed by atoms with Crippen LogP contribution >= 0.6 is 24.0 Å². The molecule has 7 nitrogen and oxygen atoms in total. The highest BCUT2D eigenvalue weighted by molar-refractivity contribution is 14.0. The van der Waals surface area contributed by atoms with Crippen LogP contribution < -0.4 is 16.4 Å². The van der Waals surface area contributed by atoms with Gasteiger partial charge in [-0.15, -0.1) is 24.0 Å². The summed E-state index contributed by atoms with van der Waals surface area (Å²) in [5.41, 5.74) is 5.19. The van der Waals surface area contributed by atoms with Crippen molar-refractivity contribution in [3.63, 3.8) is 0 Å². The van der Waals surface area contributed by atoms with Gasteiger partial charge in [0.15, 0.2) is 11.7 Å². The van der Waals surface area contributed by atoms with E-state index in [4.69, 9.17) is 10.2 Å². The molecule has 2 heterocycles. The molecule has 1 saturated heterocycles. The highest BCUT2D eigenvalue weighted by Gasteiger charge is 2.30. The average Bonchev–Trinajstić information content (AvgIpc) is 3.31. The van der Waals surface area contributed by atoms with Crippen LogP contribution in [0, 0.1) is 0 Å². The molecule has 0 radical (unpaired) electrons. The van der Waals surface area contributed by atoms with Gasteiger partial charge < -0.3 is 20.8 Å². The highest BCUT2D eigenvalue weighted by Crippen LogP contribution is 2.26. The lowest BCUT2D eigenvalue weighted by atomic mass is 10.2. The molecule has 2 fully saturated rings. The largest absolute Gasteiger partial charge is 0.454 e. The quantitative estimate of drug-likeness (QED) is 0.352. The average molecular weight is 461 g/mol. The van der Waals surface area contributed by atoms with Crippen molar-refractivity contribution in [2.45, 2.75) is 50.7 Å². The Bertz CT molecular complexity index is 598. The van der Waals surface area contributed by atoms with Crippen molar-refractivity contribution < 1.29 is 9.21 Å². The van der Waals surface area contributed by atoms with Gasteiger partial charge in [-0.25, -0.2) is 0 Å². The van der Waals surface area contributed by atoms with E-state index in [0.717, 1.165) is 25.0 Å². The number of hydrogen-bond donors (Lipinski definition) is 3. The molecule has 1 aromatic rings. The Balaban J connectivity index is 0.00000225. The zero-order valence-electron chi connectivity index (χ0n) is 14.7. The lowest BCUT2D eigenvalue weighted by Crippen LogP contribution is -2.45. The van der Waals surface area contributed by atoms with Gasteiger partial charge >= 0.3 is 0 Å². The lowest BCUT2D eigenvalue weighted by molar-refractivity contribution is 0.0972. The zero-order valence-corrected chi connectivity index (χ0v) is 17.0. The maximum atomic E-state index is 11.0. The van der Waals surface area contributed by atoms with Crippen LogP contribution in [0.3, 0.4) is 0 Å². The van der Waals surface area contributed by atoms with Crippen LogP contribution in [0.25, 0.3) is 0 Å². The summed E-state index contributed by atoms with van der Waals surface area (Å²) in [5.74, 6) is 1.04. The molecule has 1 aliphatic heterocycles. The second-order valence-electron chi connectivity index (χ2n) is 6.62. The third-order valence-electron chi connectivity index (χ3n) is 4.96. The normalized spacial score (nSPS) is 22.0. The molecule has 0 aromatic carbocycles. The monoisotopic (exact) mass is 461 g/mol. The molecule has 8 heteroatoms. The molecule has 25 heavy (non-hydrogen) atoms. The molecule has 0 bridgehead atoms. The Kier molecular flexibility index (Phi) is 7.55. The molecule has 3 rings (SSSR count). The number of primary amides is 1. The fraction of sp³-hybridized carbons (Fsp3) is 0.647. The molecule has 140 valence electrons. The first-order chi connectivity index (χ1) is 11.7. The number of guanidine groups is 1. The van der Waals surface area contributed by atoms with Crippen LogP contribution in [0.1, 0.15) is 48.4 Å². The zero-order chi connectivity index (χ0) is 16.9. The van der Waals surface area contributed by atoms with Crippen molar-refractivity contribution in [2.75, 3.05) is 20.1 Å². The number of nitrogens with one attached hydrogen (secondary N) is 2. The molecule has 2 aliphatic rings. The van der Waals surface area contributed by atoms with Crippen LogP contribution in [-0.4, -0.2) is 49.0 Å². The van der Waals surface area contributed by atoms with Gasteiger partial charge in [-0.1, -0.05) is 12.8 Å². The van der Waals surface area contributed by atoms with Crippen molar-refractivity contribution in [1.82, 2.24) is 15.5 Å². The minimum Gasteiger partial charge on any atom is -0.454 e. The third-order valence-corrected chi connectivity index (χ3v) is 4.96. The minimum atomic E-state index is -0.554. The van der Waals surface area contributed by atoms with E-state index in [9.17, 15) is 4.79 Å². The topological polar surface area (TPSA) is 95.9 Å². The fourth-order valence-corrected chi connectivity index (χ4v) is 3.67. The molecular formula is C17H28IN5O2. The summed E-state index contributed by atoms with van der Waals surface area (Å²) in [5, 5.41) is 6.71. The van der Waals surface area contributed by atoms with E-state index in [2.05, 4.69) is 20.5 Å². The third kappa shape index (κ3) is 5.34. The molecule has 1 amide bonds. The number of carbonyl (C=O) groups excluding carboxylic acids is 1. The Morgan fingerprint density at radius 1 is 1.36 bits per heavy atom. The van der Waals surface area contributed by atoms with E-state index in [1.165, 1.54) is 32.2 Å². The van der Waals surface area contributed by atoms with Crippen LogP contribution in [0.4, 0.5) is 0 Å². The lowest BCUT2D eigenvalue weighted by Gasteiger charge is -2.24. The number of aliphatic imine (C=N–C) groups is 1. The van der Waals surface area contributed by atoms with E-state index in [-0.39, 0.29) is 29.7 Å². The summed E-state index contributed by atoms with van der Waals surface area (Å²) in [4.78, 5) is 17.9. The molecule has 1 aromatic heterocycles. The van der Waals surface area contributed by atoms with E-state index < -0.39 is 5.91 Å². The minimum absolute atomic E-state index is 0. The summed E-state index contributed by atoms with van der Waals surface area (Å²) in [6.45, 7) is 2.71. The molecule has 0 spiro atoms. The predicted molar refractivity (Wildman–Crippen MR) is 108 cm³/mol. The van der Waals surface area contributed by atoms with Crippen LogP contribution in [0.2, 0.25) is 0 Å². The van der Waals surface area contributed by atoms with Crippen molar-refractivity contribution >= 4 is 35.8 Å². The molecular weight excluding hydrogens is 433 g/mol. The van der Waals surface area contributed by atoms with Gasteiger partial charge in [0.05, 0.1) is 6.54 Å². The SMILES string of the molecule is CN=C(NCc1ccc(C(N)=O)o1)NC1CCN(C2CCCC2)C1.I. The maximum absolute atomic E-state index is 11.0. The number of halogens is 1. The van der Waals surface area contributed by atoms with Gasteiger partial charge in [-0.3, -0.25) is 14.7 Å². The van der Waals surface area contributed by atoms with E-state index in [0.29, 0.717) is 18.3 Å². The number of nitrogens with two attached hydrogens (primary N) is 1. The molecule has 4 N–H and O–H groups in total. The van der Waals surface area contributed by atoms with Crippen molar-refractivity contribution in [2.24, 2.45) is 10.7 Å². The molecule has 1 unspecified atom stereocenters. The second-order valence-corrected chi connectivity index (χ2v) is 6.62. The van der Waals surface area contributed by atoms with Gasteiger partial charge in [0.2, 0.25) is 0 Å². The fourth-order valence-electron chi connectivity index (χ4n) is 3.67. The summed E-state index contributed by atoms with van der Waals surface area (Å²) in [6, 6.07) is 4.54. The standard InChI is InChI=1S/C17H27N5O2.HI/c1-19-17(20-10-14-6-7-15(24-14)16(18)23)21-12-8-9-22(11-12)13-4-2-3-5-13;/h6-7,12-13H,2-5,8-11H2,1H3,(H2,18,23)(H2,19,20,21);1H. The van der Waals surface area contributed by atoms with Crippen LogP contribution in [0.15, 0.2) is 21.5 Å². The van der Waals surface area contributed by atoms with Gasteiger partial charge in [-0.05, 0) is 31.4 Å². The van der Waals surface area contributed by atoms with Gasteiger partial charge in [0, 0.05) is 32.2 Å². The van der Waals surface area contributed by atoms with E-state index >= 15 is 0 Å². The number of nitrogens with zero attached hydrogens (tertiary/aromatic N) is 2. The van der Waals surface area contributed by atoms with Gasteiger partial charge in [0.1, 0.15) is 5.76 Å². The molecule has 1 atom stereocenters. The summed E-state index contributed by atoms with van der Waals surface area (Å²) in [6.07, 6.45) is 6.59. The van der Waals surface area contributed by atoms with Gasteiger partial charge in [0.25, 0.3) is 5.91 Å². The Hall–Kier alpha value is -1.29. The maximum Gasteiger partial charge on any atom is 0.284 e. The van der Waals surface area contributed by atoms with Crippen molar-refractivity contribution in [1.29, 1.82) is 0 Å². The van der Waals surface area contributed by atoms with E-state index in [1.807, 2.05) is 0 Å². The molecule has 1 saturated carbocycles.